The molecule has 0 spiro atoms. The molecule has 6 nitrogen and oxygen atoms in total. The molecule has 0 radical (unpaired) electrons. The first-order valence-corrected chi connectivity index (χ1v) is 10.00. The number of aliphatic hydroxyl groups is 1. The highest BCUT2D eigenvalue weighted by Crippen LogP contribution is 2.25. The molecular formula is C17H26N2O4S. The first kappa shape index (κ1) is 17.8. The number of rotatable bonds is 3. The van der Waals surface area contributed by atoms with Gasteiger partial charge in [-0.15, -0.1) is 0 Å². The Morgan fingerprint density at radius 1 is 1.08 bits per heavy atom. The molecule has 0 aliphatic carbocycles. The van der Waals surface area contributed by atoms with Crippen molar-refractivity contribution in [1.29, 1.82) is 0 Å². The summed E-state index contributed by atoms with van der Waals surface area (Å²) in [4.78, 5) is 2.60. The van der Waals surface area contributed by atoms with Gasteiger partial charge in [-0.2, -0.15) is 4.31 Å². The van der Waals surface area contributed by atoms with Crippen LogP contribution < -0.4 is 0 Å². The van der Waals surface area contributed by atoms with E-state index in [4.69, 9.17) is 4.74 Å². The van der Waals surface area contributed by atoms with Gasteiger partial charge in [0.25, 0.3) is 0 Å². The maximum absolute atomic E-state index is 13.0. The van der Waals surface area contributed by atoms with E-state index in [-0.39, 0.29) is 6.04 Å². The predicted octanol–water partition coefficient (Wildman–Crippen LogP) is 0.841. The van der Waals surface area contributed by atoms with Crippen LogP contribution in [0.15, 0.2) is 29.2 Å². The van der Waals surface area contributed by atoms with E-state index in [0.29, 0.717) is 44.0 Å². The van der Waals surface area contributed by atoms with Gasteiger partial charge in [-0.25, -0.2) is 8.42 Å². The summed E-state index contributed by atoms with van der Waals surface area (Å²) in [7, 11) is -3.51. The Morgan fingerprint density at radius 2 is 1.75 bits per heavy atom. The van der Waals surface area contributed by atoms with Crippen LogP contribution in [-0.4, -0.2) is 74.3 Å². The normalized spacial score (nSPS) is 27.8. The van der Waals surface area contributed by atoms with Crippen molar-refractivity contribution in [2.45, 2.75) is 36.8 Å². The topological polar surface area (TPSA) is 70.1 Å². The number of sulfonamides is 1. The second-order valence-electron chi connectivity index (χ2n) is 6.53. The minimum absolute atomic E-state index is 0.00553. The van der Waals surface area contributed by atoms with Gasteiger partial charge in [-0.3, -0.25) is 4.90 Å². The SMILES string of the molecule is Cc1ccccc1S(=O)(=O)N1CC[C@H](O)[C@@H](N2CCOCC2)CC1. The molecule has 0 unspecified atom stereocenters. The van der Waals surface area contributed by atoms with Gasteiger partial charge in [-0.05, 0) is 31.4 Å². The average molecular weight is 354 g/mol. The van der Waals surface area contributed by atoms with E-state index in [2.05, 4.69) is 4.90 Å². The van der Waals surface area contributed by atoms with E-state index in [1.807, 2.05) is 19.1 Å². The third-order valence-corrected chi connectivity index (χ3v) is 7.08. The van der Waals surface area contributed by atoms with Crippen LogP contribution >= 0.6 is 0 Å². The second-order valence-corrected chi connectivity index (χ2v) is 8.44. The van der Waals surface area contributed by atoms with Gasteiger partial charge in [0, 0.05) is 32.2 Å². The number of ether oxygens (including phenoxy) is 1. The van der Waals surface area contributed by atoms with Crippen LogP contribution in [-0.2, 0) is 14.8 Å². The summed E-state index contributed by atoms with van der Waals surface area (Å²) in [6, 6.07) is 7.07. The quantitative estimate of drug-likeness (QED) is 0.871. The second kappa shape index (κ2) is 7.49. The first-order valence-electron chi connectivity index (χ1n) is 8.56. The number of hydrogen-bond acceptors (Lipinski definition) is 5. The van der Waals surface area contributed by atoms with Gasteiger partial charge in [0.1, 0.15) is 0 Å². The number of nitrogens with zero attached hydrogens (tertiary/aromatic N) is 2. The summed E-state index contributed by atoms with van der Waals surface area (Å²) in [5, 5.41) is 10.5. The van der Waals surface area contributed by atoms with Crippen molar-refractivity contribution in [3.8, 4) is 0 Å². The lowest BCUT2D eigenvalue weighted by Crippen LogP contribution is -2.49. The van der Waals surface area contributed by atoms with Crippen LogP contribution in [0.3, 0.4) is 0 Å². The van der Waals surface area contributed by atoms with Crippen LogP contribution in [0.5, 0.6) is 0 Å². The van der Waals surface area contributed by atoms with E-state index in [1.54, 1.807) is 12.1 Å². The molecule has 1 aromatic carbocycles. The van der Waals surface area contributed by atoms with Crippen molar-refractivity contribution >= 4 is 10.0 Å². The van der Waals surface area contributed by atoms with E-state index in [1.165, 1.54) is 4.31 Å². The van der Waals surface area contributed by atoms with E-state index in [9.17, 15) is 13.5 Å². The van der Waals surface area contributed by atoms with Gasteiger partial charge >= 0.3 is 0 Å². The van der Waals surface area contributed by atoms with Gasteiger partial charge in [0.05, 0.1) is 24.2 Å². The summed E-state index contributed by atoms with van der Waals surface area (Å²) < 4.78 is 32.8. The van der Waals surface area contributed by atoms with Crippen molar-refractivity contribution < 1.29 is 18.3 Å². The summed E-state index contributed by atoms with van der Waals surface area (Å²) in [5.74, 6) is 0. The van der Waals surface area contributed by atoms with Gasteiger partial charge < -0.3 is 9.84 Å². The van der Waals surface area contributed by atoms with Crippen LogP contribution in [0.2, 0.25) is 0 Å². The summed E-state index contributed by atoms with van der Waals surface area (Å²) >= 11 is 0. The third kappa shape index (κ3) is 3.65. The molecule has 2 fully saturated rings. The van der Waals surface area contributed by atoms with E-state index in [0.717, 1.165) is 18.7 Å². The van der Waals surface area contributed by atoms with Crippen molar-refractivity contribution in [3.63, 3.8) is 0 Å². The highest BCUT2D eigenvalue weighted by molar-refractivity contribution is 7.89. The molecule has 0 saturated carbocycles. The molecule has 2 aliphatic heterocycles. The van der Waals surface area contributed by atoms with Crippen molar-refractivity contribution in [3.05, 3.63) is 29.8 Å². The number of aliphatic hydroxyl groups excluding tert-OH is 1. The zero-order valence-electron chi connectivity index (χ0n) is 14.1. The zero-order chi connectivity index (χ0) is 17.2. The van der Waals surface area contributed by atoms with Crippen molar-refractivity contribution in [1.82, 2.24) is 9.21 Å². The highest BCUT2D eigenvalue weighted by Gasteiger charge is 2.34. The Labute approximate surface area is 144 Å². The van der Waals surface area contributed by atoms with Gasteiger partial charge in [-0.1, -0.05) is 18.2 Å². The van der Waals surface area contributed by atoms with E-state index < -0.39 is 16.1 Å². The minimum Gasteiger partial charge on any atom is -0.391 e. The maximum Gasteiger partial charge on any atom is 0.243 e. The highest BCUT2D eigenvalue weighted by atomic mass is 32.2. The van der Waals surface area contributed by atoms with Crippen LogP contribution in [0.1, 0.15) is 18.4 Å². The molecule has 1 N–H and O–H groups in total. The third-order valence-electron chi connectivity index (χ3n) is 5.02. The molecule has 7 heteroatoms. The largest absolute Gasteiger partial charge is 0.391 e. The van der Waals surface area contributed by atoms with Crippen LogP contribution in [0.4, 0.5) is 0 Å². The summed E-state index contributed by atoms with van der Waals surface area (Å²) in [5.41, 5.74) is 0.757. The number of morpholine rings is 1. The van der Waals surface area contributed by atoms with Crippen molar-refractivity contribution in [2.75, 3.05) is 39.4 Å². The Kier molecular flexibility index (Phi) is 5.56. The molecule has 1 aromatic rings. The number of hydrogen-bond donors (Lipinski definition) is 1. The molecular weight excluding hydrogens is 328 g/mol. The summed E-state index contributed by atoms with van der Waals surface area (Å²) in [6.45, 7) is 5.56. The Hall–Kier alpha value is -0.990. The lowest BCUT2D eigenvalue weighted by Gasteiger charge is -2.36. The van der Waals surface area contributed by atoms with Gasteiger partial charge in [0.15, 0.2) is 0 Å². The first-order chi connectivity index (χ1) is 11.5. The smallest absolute Gasteiger partial charge is 0.243 e. The Bertz CT molecular complexity index is 658. The minimum atomic E-state index is -3.51. The lowest BCUT2D eigenvalue weighted by atomic mass is 10.0. The Morgan fingerprint density at radius 3 is 2.46 bits per heavy atom. The fraction of sp³-hybridized carbons (Fsp3) is 0.647. The number of aryl methyl sites for hydroxylation is 1. The molecule has 0 aromatic heterocycles. The molecule has 134 valence electrons. The molecule has 24 heavy (non-hydrogen) atoms. The standard InChI is InChI=1S/C17H26N2O4S/c1-14-4-2-3-5-17(14)24(21,22)19-8-6-15(16(20)7-9-19)18-10-12-23-13-11-18/h2-5,15-16,20H,6-13H2,1H3/t15-,16-/m0/s1. The molecule has 2 saturated heterocycles. The Balaban J connectivity index is 1.76. The van der Waals surface area contributed by atoms with Crippen molar-refractivity contribution in [2.24, 2.45) is 0 Å². The van der Waals surface area contributed by atoms with Crippen LogP contribution in [0.25, 0.3) is 0 Å². The lowest BCUT2D eigenvalue weighted by molar-refractivity contribution is -0.0222. The molecule has 2 heterocycles. The van der Waals surface area contributed by atoms with Gasteiger partial charge in [0.2, 0.25) is 10.0 Å². The summed E-state index contributed by atoms with van der Waals surface area (Å²) in [6.07, 6.45) is 0.611. The fourth-order valence-electron chi connectivity index (χ4n) is 3.61. The monoisotopic (exact) mass is 354 g/mol. The predicted molar refractivity (Wildman–Crippen MR) is 91.4 cm³/mol. The number of benzene rings is 1. The molecule has 2 atom stereocenters. The fourth-order valence-corrected chi connectivity index (χ4v) is 5.30. The molecule has 0 bridgehead atoms. The molecule has 2 aliphatic rings. The molecule has 3 rings (SSSR count). The van der Waals surface area contributed by atoms with Crippen LogP contribution in [0, 0.1) is 6.92 Å². The molecule has 0 amide bonds. The average Bonchev–Trinajstić information content (AvgIpc) is 2.78. The zero-order valence-corrected chi connectivity index (χ0v) is 14.9. The maximum atomic E-state index is 13.0. The van der Waals surface area contributed by atoms with E-state index >= 15 is 0 Å².